The molecule has 0 spiro atoms. The average molecular weight is 440 g/mol. The molecule has 1 unspecified atom stereocenters. The Balaban J connectivity index is 2.13. The first-order valence-corrected chi connectivity index (χ1v) is 10.1. The van der Waals surface area contributed by atoms with Crippen molar-refractivity contribution in [3.8, 4) is 11.8 Å². The fraction of sp³-hybridized carbons (Fsp3) is 0.158. The van der Waals surface area contributed by atoms with Gasteiger partial charge in [0.1, 0.15) is 5.71 Å². The Hall–Kier alpha value is -3.95. The van der Waals surface area contributed by atoms with E-state index in [2.05, 4.69) is 4.99 Å². The fourth-order valence-corrected chi connectivity index (χ4v) is 3.45. The molecule has 2 N–H and O–H groups in total. The molecule has 2 aromatic carbocycles. The Morgan fingerprint density at radius 2 is 1.94 bits per heavy atom. The van der Waals surface area contributed by atoms with Gasteiger partial charge in [0.25, 0.3) is 5.88 Å². The highest BCUT2D eigenvalue weighted by atomic mass is 32.2. The van der Waals surface area contributed by atoms with Gasteiger partial charge in [-0.05, 0) is 17.9 Å². The summed E-state index contributed by atoms with van der Waals surface area (Å²) < 4.78 is 5.63. The lowest BCUT2D eigenvalue weighted by Crippen LogP contribution is -2.45. The van der Waals surface area contributed by atoms with E-state index in [1.165, 1.54) is 17.8 Å². The van der Waals surface area contributed by atoms with Crippen LogP contribution in [0.3, 0.4) is 0 Å². The average Bonchev–Trinajstić information content (AvgIpc) is 2.75. The van der Waals surface area contributed by atoms with E-state index in [0.717, 1.165) is 22.7 Å². The number of ether oxygens (including phenoxy) is 1. The predicted octanol–water partition coefficient (Wildman–Crippen LogP) is 2.81. The molecule has 3 rings (SSSR count). The first kappa shape index (κ1) is 21.8. The van der Waals surface area contributed by atoms with Crippen LogP contribution in [-0.2, 0) is 6.42 Å². The standard InChI is InChI=1S/C19H16N6O5S/c1-31-19-22-14(9-12-5-3-2-4-6-12)17(25(28)29)18(23(19)21)30-16-10-13(11-20)7-8-15(16)24(26)27/h2-8,10,19H,9,21H2,1H3. The first-order valence-electron chi connectivity index (χ1n) is 8.78. The van der Waals surface area contributed by atoms with Crippen molar-refractivity contribution >= 4 is 23.2 Å². The van der Waals surface area contributed by atoms with Crippen molar-refractivity contribution in [2.24, 2.45) is 10.8 Å². The second kappa shape index (κ2) is 9.24. The number of nitrogens with zero attached hydrogens (tertiary/aromatic N) is 5. The lowest BCUT2D eigenvalue weighted by Gasteiger charge is -2.30. The van der Waals surface area contributed by atoms with Gasteiger partial charge in [-0.2, -0.15) is 5.26 Å². The Kier molecular flexibility index (Phi) is 6.49. The van der Waals surface area contributed by atoms with Crippen molar-refractivity contribution in [2.75, 3.05) is 6.26 Å². The van der Waals surface area contributed by atoms with Crippen molar-refractivity contribution in [2.45, 2.75) is 11.9 Å². The minimum absolute atomic E-state index is 0.0860. The van der Waals surface area contributed by atoms with E-state index in [1.54, 1.807) is 30.5 Å². The molecule has 1 aliphatic heterocycles. The van der Waals surface area contributed by atoms with Crippen molar-refractivity contribution in [1.82, 2.24) is 5.01 Å². The number of nitro groups is 2. The molecule has 0 radical (unpaired) electrons. The molecule has 12 heteroatoms. The molecular formula is C19H16N6O5S. The van der Waals surface area contributed by atoms with Gasteiger partial charge in [0, 0.05) is 18.6 Å². The zero-order valence-electron chi connectivity index (χ0n) is 16.2. The van der Waals surface area contributed by atoms with E-state index in [1.807, 2.05) is 12.1 Å². The van der Waals surface area contributed by atoms with Crippen molar-refractivity contribution < 1.29 is 14.6 Å². The van der Waals surface area contributed by atoms with Crippen LogP contribution in [-0.4, -0.2) is 32.3 Å². The van der Waals surface area contributed by atoms with Gasteiger partial charge in [-0.3, -0.25) is 20.2 Å². The van der Waals surface area contributed by atoms with E-state index in [0.29, 0.717) is 0 Å². The van der Waals surface area contributed by atoms with Gasteiger partial charge in [0.2, 0.25) is 5.75 Å². The maximum absolute atomic E-state index is 11.9. The van der Waals surface area contributed by atoms with E-state index in [9.17, 15) is 20.2 Å². The smallest absolute Gasteiger partial charge is 0.351 e. The number of hydrazine groups is 1. The van der Waals surface area contributed by atoms with Crippen LogP contribution in [0.15, 0.2) is 65.1 Å². The van der Waals surface area contributed by atoms with Gasteiger partial charge < -0.3 is 4.74 Å². The Labute approximate surface area is 180 Å². The van der Waals surface area contributed by atoms with Crippen LogP contribution >= 0.6 is 11.8 Å². The minimum Gasteiger partial charge on any atom is -0.427 e. The maximum Gasteiger partial charge on any atom is 0.351 e. The van der Waals surface area contributed by atoms with Crippen molar-refractivity contribution in [3.63, 3.8) is 0 Å². The van der Waals surface area contributed by atoms with Crippen LogP contribution in [0.25, 0.3) is 0 Å². The van der Waals surface area contributed by atoms with Gasteiger partial charge in [0.05, 0.1) is 21.5 Å². The number of aliphatic imine (C=N–C) groups is 1. The molecule has 0 bridgehead atoms. The monoisotopic (exact) mass is 440 g/mol. The highest BCUT2D eigenvalue weighted by Gasteiger charge is 2.39. The van der Waals surface area contributed by atoms with Gasteiger partial charge >= 0.3 is 11.4 Å². The summed E-state index contributed by atoms with van der Waals surface area (Å²) in [5, 5.41) is 33.4. The molecule has 0 aromatic heterocycles. The number of nitro benzene ring substituents is 1. The van der Waals surface area contributed by atoms with E-state index < -0.39 is 32.6 Å². The third kappa shape index (κ3) is 4.63. The summed E-state index contributed by atoms with van der Waals surface area (Å²) in [7, 11) is 0. The van der Waals surface area contributed by atoms with Crippen molar-refractivity contribution in [1.29, 1.82) is 5.26 Å². The first-order chi connectivity index (χ1) is 14.8. The Bertz CT molecular complexity index is 1130. The van der Waals surface area contributed by atoms with Crippen LogP contribution in [0.5, 0.6) is 5.75 Å². The number of thioether (sulfide) groups is 1. The Morgan fingerprint density at radius 3 is 2.52 bits per heavy atom. The number of nitriles is 1. The van der Waals surface area contributed by atoms with Gasteiger partial charge in [-0.15, -0.1) is 11.8 Å². The number of benzene rings is 2. The predicted molar refractivity (Wildman–Crippen MR) is 113 cm³/mol. The van der Waals surface area contributed by atoms with Crippen molar-refractivity contribution in [3.05, 3.63) is 91.5 Å². The zero-order valence-corrected chi connectivity index (χ0v) is 17.0. The third-order valence-corrected chi connectivity index (χ3v) is 5.07. The molecule has 0 saturated carbocycles. The van der Waals surface area contributed by atoms with E-state index in [-0.39, 0.29) is 23.4 Å². The van der Waals surface area contributed by atoms with Crippen LogP contribution < -0.4 is 10.6 Å². The summed E-state index contributed by atoms with van der Waals surface area (Å²) >= 11 is 1.20. The minimum atomic E-state index is -0.754. The van der Waals surface area contributed by atoms with Gasteiger partial charge in [0.15, 0.2) is 5.50 Å². The van der Waals surface area contributed by atoms with Crippen LogP contribution in [0.4, 0.5) is 5.69 Å². The molecule has 1 aliphatic rings. The lowest BCUT2D eigenvalue weighted by molar-refractivity contribution is -0.419. The highest BCUT2D eigenvalue weighted by molar-refractivity contribution is 7.99. The highest BCUT2D eigenvalue weighted by Crippen LogP contribution is 2.34. The zero-order chi connectivity index (χ0) is 22.5. The van der Waals surface area contributed by atoms with Crippen LogP contribution in [0.2, 0.25) is 0 Å². The molecule has 0 amide bonds. The molecule has 1 heterocycles. The molecule has 31 heavy (non-hydrogen) atoms. The number of allylic oxidation sites excluding steroid dienone is 1. The molecule has 11 nitrogen and oxygen atoms in total. The number of hydrogen-bond acceptors (Lipinski definition) is 10. The summed E-state index contributed by atoms with van der Waals surface area (Å²) in [5.41, 5.74) is -0.740. The second-order valence-corrected chi connectivity index (χ2v) is 7.16. The molecule has 2 aromatic rings. The summed E-state index contributed by atoms with van der Waals surface area (Å²) in [6.07, 6.45) is 1.84. The number of hydrogen-bond donors (Lipinski definition) is 1. The van der Waals surface area contributed by atoms with E-state index >= 15 is 0 Å². The fourth-order valence-electron chi connectivity index (χ4n) is 2.89. The normalized spacial score (nSPS) is 15.8. The van der Waals surface area contributed by atoms with Crippen LogP contribution in [0.1, 0.15) is 11.1 Å². The Morgan fingerprint density at radius 1 is 1.23 bits per heavy atom. The van der Waals surface area contributed by atoms with E-state index in [4.69, 9.17) is 15.8 Å². The molecule has 0 saturated heterocycles. The maximum atomic E-state index is 11.9. The SMILES string of the molecule is CSC1N=C(Cc2ccccc2)C([N+](=O)[O-])=C(Oc2cc(C#N)ccc2[N+](=O)[O-])N1N. The molecule has 0 aliphatic carbocycles. The molecule has 1 atom stereocenters. The summed E-state index contributed by atoms with van der Waals surface area (Å²) in [6, 6.07) is 14.3. The number of nitrogens with two attached hydrogens (primary N) is 1. The lowest BCUT2D eigenvalue weighted by atomic mass is 10.1. The summed E-state index contributed by atoms with van der Waals surface area (Å²) in [4.78, 5) is 26.3. The molecular weight excluding hydrogens is 424 g/mol. The van der Waals surface area contributed by atoms with Gasteiger partial charge in [-0.25, -0.2) is 15.8 Å². The second-order valence-electron chi connectivity index (χ2n) is 6.27. The molecule has 0 fully saturated rings. The number of rotatable bonds is 7. The molecule has 158 valence electrons. The van der Waals surface area contributed by atoms with Gasteiger partial charge in [-0.1, -0.05) is 30.3 Å². The summed E-state index contributed by atoms with van der Waals surface area (Å²) in [5.74, 6) is 5.31. The quantitative estimate of drug-likeness (QED) is 0.387. The van der Waals surface area contributed by atoms with Crippen LogP contribution in [0, 0.1) is 31.6 Å². The third-order valence-electron chi connectivity index (χ3n) is 4.31. The topological polar surface area (TPSA) is 161 Å². The largest absolute Gasteiger partial charge is 0.427 e. The summed E-state index contributed by atoms with van der Waals surface area (Å²) in [6.45, 7) is 0.